The number of carbonyl (C=O) groups is 1. The van der Waals surface area contributed by atoms with E-state index < -0.39 is 0 Å². The Labute approximate surface area is 115 Å². The average molecular weight is 279 g/mol. The normalized spacial score (nSPS) is 10.7. The Morgan fingerprint density at radius 2 is 2.21 bits per heavy atom. The molecule has 0 saturated carbocycles. The molecule has 0 atom stereocenters. The van der Waals surface area contributed by atoms with Gasteiger partial charge in [-0.3, -0.25) is 9.78 Å². The van der Waals surface area contributed by atoms with E-state index in [0.717, 1.165) is 21.5 Å². The van der Waals surface area contributed by atoms with Gasteiger partial charge >= 0.3 is 5.97 Å². The highest BCUT2D eigenvalue weighted by molar-refractivity contribution is 7.99. The van der Waals surface area contributed by atoms with Gasteiger partial charge in [-0.05, 0) is 31.2 Å². The zero-order valence-electron chi connectivity index (χ0n) is 10.8. The number of thioether (sulfide) groups is 1. The molecule has 3 nitrogen and oxygen atoms in total. The number of pyridine rings is 1. The van der Waals surface area contributed by atoms with Crippen LogP contribution in [0.3, 0.4) is 0 Å². The summed E-state index contributed by atoms with van der Waals surface area (Å²) in [7, 11) is 1.37. The highest BCUT2D eigenvalue weighted by atomic mass is 32.2. The highest BCUT2D eigenvalue weighted by Crippen LogP contribution is 2.28. The van der Waals surface area contributed by atoms with Crippen molar-refractivity contribution in [1.82, 2.24) is 4.98 Å². The lowest BCUT2D eigenvalue weighted by molar-refractivity contribution is -0.140. The van der Waals surface area contributed by atoms with Crippen LogP contribution in [0.4, 0.5) is 4.39 Å². The molecule has 5 heteroatoms. The van der Waals surface area contributed by atoms with E-state index in [1.54, 1.807) is 6.07 Å². The Morgan fingerprint density at radius 3 is 2.95 bits per heavy atom. The fourth-order valence-corrected chi connectivity index (χ4v) is 2.82. The fourth-order valence-electron chi connectivity index (χ4n) is 1.76. The van der Waals surface area contributed by atoms with Gasteiger partial charge in [-0.2, -0.15) is 0 Å². The molecule has 0 N–H and O–H groups in total. The molecule has 19 heavy (non-hydrogen) atoms. The van der Waals surface area contributed by atoms with Gasteiger partial charge in [-0.25, -0.2) is 4.39 Å². The third kappa shape index (κ3) is 3.44. The third-order valence-corrected chi connectivity index (χ3v) is 3.71. The van der Waals surface area contributed by atoms with Crippen molar-refractivity contribution in [2.24, 2.45) is 0 Å². The first-order valence-electron chi connectivity index (χ1n) is 5.86. The number of ether oxygens (including phenoxy) is 1. The van der Waals surface area contributed by atoms with Crippen LogP contribution in [0.5, 0.6) is 0 Å². The number of aromatic nitrogens is 1. The topological polar surface area (TPSA) is 39.2 Å². The molecule has 0 bridgehead atoms. The molecule has 0 aliphatic rings. The fraction of sp³-hybridized carbons (Fsp3) is 0.286. The summed E-state index contributed by atoms with van der Waals surface area (Å²) >= 11 is 1.51. The molecule has 0 fully saturated rings. The predicted octanol–water partition coefficient (Wildman–Crippen LogP) is 3.34. The number of nitrogens with zero attached hydrogens (tertiary/aromatic N) is 1. The summed E-state index contributed by atoms with van der Waals surface area (Å²) in [6.07, 6.45) is 0.333. The Bertz CT molecular complexity index is 616. The van der Waals surface area contributed by atoms with Crippen LogP contribution in [0, 0.1) is 12.7 Å². The smallest absolute Gasteiger partial charge is 0.306 e. The Kier molecular flexibility index (Phi) is 4.37. The number of hydrogen-bond donors (Lipinski definition) is 0. The second-order valence-electron chi connectivity index (χ2n) is 4.10. The van der Waals surface area contributed by atoms with E-state index in [2.05, 4.69) is 9.72 Å². The number of hydrogen-bond acceptors (Lipinski definition) is 4. The molecular weight excluding hydrogens is 265 g/mol. The molecule has 1 heterocycles. The minimum atomic E-state index is -0.284. The molecule has 100 valence electrons. The second-order valence-corrected chi connectivity index (χ2v) is 5.23. The number of aryl methyl sites for hydroxylation is 1. The molecule has 0 spiro atoms. The monoisotopic (exact) mass is 279 g/mol. The van der Waals surface area contributed by atoms with Crippen LogP contribution in [0.1, 0.15) is 12.1 Å². The van der Waals surface area contributed by atoms with E-state index in [4.69, 9.17) is 0 Å². The van der Waals surface area contributed by atoms with Crippen molar-refractivity contribution < 1.29 is 13.9 Å². The lowest BCUT2D eigenvalue weighted by atomic mass is 10.2. The van der Waals surface area contributed by atoms with E-state index in [9.17, 15) is 9.18 Å². The maximum absolute atomic E-state index is 13.3. The van der Waals surface area contributed by atoms with Crippen LogP contribution in [-0.2, 0) is 9.53 Å². The number of fused-ring (bicyclic) bond motifs is 1. The van der Waals surface area contributed by atoms with Gasteiger partial charge < -0.3 is 4.74 Å². The Balaban J connectivity index is 2.25. The first kappa shape index (κ1) is 13.8. The van der Waals surface area contributed by atoms with Crippen LogP contribution >= 0.6 is 11.8 Å². The lowest BCUT2D eigenvalue weighted by Gasteiger charge is -2.07. The maximum atomic E-state index is 13.3. The van der Waals surface area contributed by atoms with E-state index in [1.165, 1.54) is 31.0 Å². The zero-order chi connectivity index (χ0) is 13.8. The average Bonchev–Trinajstić information content (AvgIpc) is 2.39. The number of methoxy groups -OCH3 is 1. The SMILES string of the molecule is COC(=O)CCSc1cc(C)nc2ccc(F)cc12. The van der Waals surface area contributed by atoms with Crippen molar-refractivity contribution in [3.8, 4) is 0 Å². The minimum absolute atomic E-state index is 0.242. The van der Waals surface area contributed by atoms with Crippen LogP contribution < -0.4 is 0 Å². The van der Waals surface area contributed by atoms with Gasteiger partial charge in [0.25, 0.3) is 0 Å². The molecule has 0 saturated heterocycles. The second kappa shape index (κ2) is 6.02. The number of benzene rings is 1. The van der Waals surface area contributed by atoms with E-state index in [1.807, 2.05) is 13.0 Å². The van der Waals surface area contributed by atoms with Crippen LogP contribution in [0.2, 0.25) is 0 Å². The van der Waals surface area contributed by atoms with Crippen molar-refractivity contribution >= 4 is 28.6 Å². The molecule has 2 aromatic rings. The number of carbonyl (C=O) groups excluding carboxylic acids is 1. The summed E-state index contributed by atoms with van der Waals surface area (Å²) in [5, 5.41) is 0.778. The first-order chi connectivity index (χ1) is 9.10. The summed E-state index contributed by atoms with van der Waals surface area (Å²) in [6, 6.07) is 6.45. The van der Waals surface area contributed by atoms with Crippen molar-refractivity contribution in [2.45, 2.75) is 18.2 Å². The molecule has 1 aromatic heterocycles. The maximum Gasteiger partial charge on any atom is 0.306 e. The van der Waals surface area contributed by atoms with Crippen LogP contribution in [0.25, 0.3) is 10.9 Å². The quantitative estimate of drug-likeness (QED) is 0.635. The molecule has 0 amide bonds. The van der Waals surface area contributed by atoms with Gasteiger partial charge in [0.2, 0.25) is 0 Å². The largest absolute Gasteiger partial charge is 0.469 e. The minimum Gasteiger partial charge on any atom is -0.469 e. The van der Waals surface area contributed by atoms with Crippen molar-refractivity contribution in [2.75, 3.05) is 12.9 Å². The highest BCUT2D eigenvalue weighted by Gasteiger charge is 2.07. The van der Waals surface area contributed by atoms with Gasteiger partial charge in [0.15, 0.2) is 0 Å². The lowest BCUT2D eigenvalue weighted by Crippen LogP contribution is -2.01. The molecule has 0 aliphatic heterocycles. The standard InChI is InChI=1S/C14H14FNO2S/c1-9-7-13(19-6-5-14(17)18-2)11-8-10(15)3-4-12(11)16-9/h3-4,7-8H,5-6H2,1-2H3. The molecule has 1 aromatic carbocycles. The summed E-state index contributed by atoms with van der Waals surface area (Å²) < 4.78 is 17.9. The Morgan fingerprint density at radius 1 is 1.42 bits per heavy atom. The van der Waals surface area contributed by atoms with Crippen LogP contribution in [-0.4, -0.2) is 23.8 Å². The van der Waals surface area contributed by atoms with E-state index in [0.29, 0.717) is 12.2 Å². The third-order valence-electron chi connectivity index (χ3n) is 2.65. The molecule has 0 aliphatic carbocycles. The summed E-state index contributed by atoms with van der Waals surface area (Å²) in [6.45, 7) is 1.90. The van der Waals surface area contributed by atoms with Crippen LogP contribution in [0.15, 0.2) is 29.2 Å². The zero-order valence-corrected chi connectivity index (χ0v) is 11.6. The molecule has 2 rings (SSSR count). The van der Waals surface area contributed by atoms with E-state index in [-0.39, 0.29) is 11.8 Å². The number of halogens is 1. The van der Waals surface area contributed by atoms with Gasteiger partial charge in [0, 0.05) is 21.7 Å². The predicted molar refractivity (Wildman–Crippen MR) is 73.8 cm³/mol. The summed E-state index contributed by atoms with van der Waals surface area (Å²) in [5.41, 5.74) is 1.64. The van der Waals surface area contributed by atoms with Gasteiger partial charge in [0.1, 0.15) is 5.82 Å². The molecule has 0 unspecified atom stereocenters. The van der Waals surface area contributed by atoms with Crippen molar-refractivity contribution in [1.29, 1.82) is 0 Å². The van der Waals surface area contributed by atoms with Gasteiger partial charge in [0.05, 0.1) is 19.0 Å². The van der Waals surface area contributed by atoms with Gasteiger partial charge in [-0.15, -0.1) is 11.8 Å². The molecule has 0 radical (unpaired) electrons. The summed E-state index contributed by atoms with van der Waals surface area (Å²) in [4.78, 5) is 16.4. The van der Waals surface area contributed by atoms with E-state index >= 15 is 0 Å². The molecular formula is C14H14FNO2S. The first-order valence-corrected chi connectivity index (χ1v) is 6.85. The number of esters is 1. The Hall–Kier alpha value is -1.62. The van der Waals surface area contributed by atoms with Crippen molar-refractivity contribution in [3.63, 3.8) is 0 Å². The van der Waals surface area contributed by atoms with Gasteiger partial charge in [-0.1, -0.05) is 0 Å². The summed E-state index contributed by atoms with van der Waals surface area (Å²) in [5.74, 6) is 0.0728. The van der Waals surface area contributed by atoms with Crippen molar-refractivity contribution in [3.05, 3.63) is 35.8 Å². The number of rotatable bonds is 4.